The van der Waals surface area contributed by atoms with E-state index in [1.807, 2.05) is 0 Å². The van der Waals surface area contributed by atoms with Gasteiger partial charge in [0.25, 0.3) is 5.24 Å². The SMILES string of the molecule is COc1ccc(N=C2NC(=O)S/C2=C\c2ccc(-c3ccc(S(N)(=O)=O)cc3)o2)cc1. The number of rotatable bonds is 5. The lowest BCUT2D eigenvalue weighted by molar-refractivity contribution is 0.265. The van der Waals surface area contributed by atoms with Crippen LogP contribution < -0.4 is 15.2 Å². The molecule has 1 aromatic heterocycles. The van der Waals surface area contributed by atoms with Crippen molar-refractivity contribution in [2.24, 2.45) is 10.1 Å². The molecule has 0 radical (unpaired) electrons. The highest BCUT2D eigenvalue weighted by molar-refractivity contribution is 8.18. The maximum atomic E-state index is 11.9. The number of methoxy groups -OCH3 is 1. The number of thioether (sulfide) groups is 1. The third kappa shape index (κ3) is 4.88. The van der Waals surface area contributed by atoms with Crippen LogP contribution in [0.2, 0.25) is 0 Å². The molecule has 0 aliphatic carbocycles. The molecule has 0 bridgehead atoms. The normalized spacial score (nSPS) is 16.6. The number of carbonyl (C=O) groups excluding carboxylic acids is 1. The number of primary sulfonamides is 1. The fraction of sp³-hybridized carbons (Fsp3) is 0.0476. The van der Waals surface area contributed by atoms with Crippen molar-refractivity contribution in [1.29, 1.82) is 0 Å². The molecule has 8 nitrogen and oxygen atoms in total. The first-order valence-corrected chi connectivity index (χ1v) is 11.3. The number of aliphatic imine (C=N–C) groups is 1. The highest BCUT2D eigenvalue weighted by atomic mass is 32.2. The van der Waals surface area contributed by atoms with Crippen LogP contribution in [0.15, 0.2) is 79.9 Å². The van der Waals surface area contributed by atoms with Gasteiger partial charge in [-0.3, -0.25) is 4.79 Å². The van der Waals surface area contributed by atoms with E-state index >= 15 is 0 Å². The topological polar surface area (TPSA) is 124 Å². The van der Waals surface area contributed by atoms with Crippen molar-refractivity contribution < 1.29 is 22.4 Å². The second kappa shape index (κ2) is 8.42. The van der Waals surface area contributed by atoms with Crippen LogP contribution in [0.5, 0.6) is 5.75 Å². The van der Waals surface area contributed by atoms with Crippen LogP contribution in [-0.4, -0.2) is 26.6 Å². The Balaban J connectivity index is 1.59. The number of furan rings is 1. The van der Waals surface area contributed by atoms with Gasteiger partial charge in [0, 0.05) is 5.56 Å². The van der Waals surface area contributed by atoms with Gasteiger partial charge in [-0.25, -0.2) is 18.5 Å². The first kappa shape index (κ1) is 20.9. The van der Waals surface area contributed by atoms with Crippen molar-refractivity contribution in [3.8, 4) is 17.1 Å². The van der Waals surface area contributed by atoms with Crippen LogP contribution in [0.25, 0.3) is 17.4 Å². The van der Waals surface area contributed by atoms with Gasteiger partial charge in [0.15, 0.2) is 0 Å². The number of nitrogens with two attached hydrogens (primary N) is 1. The molecule has 1 aliphatic rings. The zero-order valence-corrected chi connectivity index (χ0v) is 17.9. The third-order valence-corrected chi connectivity index (χ3v) is 6.09. The minimum atomic E-state index is -3.76. The van der Waals surface area contributed by atoms with E-state index in [1.54, 1.807) is 61.7 Å². The molecule has 2 heterocycles. The third-order valence-electron chi connectivity index (χ3n) is 4.34. The van der Waals surface area contributed by atoms with Gasteiger partial charge in [0.1, 0.15) is 23.1 Å². The summed E-state index contributed by atoms with van der Waals surface area (Å²) in [6, 6.07) is 16.7. The number of nitrogens with one attached hydrogen (secondary N) is 1. The molecule has 3 N–H and O–H groups in total. The Morgan fingerprint density at radius 2 is 1.77 bits per heavy atom. The highest BCUT2D eigenvalue weighted by Crippen LogP contribution is 2.31. The van der Waals surface area contributed by atoms with E-state index in [9.17, 15) is 13.2 Å². The van der Waals surface area contributed by atoms with Crippen molar-refractivity contribution in [3.63, 3.8) is 0 Å². The number of nitrogens with zero attached hydrogens (tertiary/aromatic N) is 1. The molecular weight excluding hydrogens is 438 g/mol. The zero-order valence-electron chi connectivity index (χ0n) is 16.2. The van der Waals surface area contributed by atoms with Crippen LogP contribution in [0.3, 0.4) is 0 Å². The maximum absolute atomic E-state index is 11.9. The summed E-state index contributed by atoms with van der Waals surface area (Å²) in [7, 11) is -2.17. The summed E-state index contributed by atoms with van der Waals surface area (Å²) >= 11 is 1.02. The molecule has 3 aromatic rings. The minimum Gasteiger partial charge on any atom is -0.497 e. The molecule has 1 aliphatic heterocycles. The summed E-state index contributed by atoms with van der Waals surface area (Å²) in [5, 5.41) is 7.61. The molecule has 0 spiro atoms. The van der Waals surface area contributed by atoms with E-state index in [-0.39, 0.29) is 10.1 Å². The molecule has 1 amide bonds. The number of carbonyl (C=O) groups is 1. The first-order valence-electron chi connectivity index (χ1n) is 8.98. The molecular formula is C21H17N3O5S2. The molecule has 1 saturated heterocycles. The van der Waals surface area contributed by atoms with E-state index in [4.69, 9.17) is 14.3 Å². The molecule has 0 unspecified atom stereocenters. The smallest absolute Gasteiger partial charge is 0.289 e. The zero-order chi connectivity index (χ0) is 22.0. The van der Waals surface area contributed by atoms with Gasteiger partial charge in [-0.1, -0.05) is 0 Å². The average Bonchev–Trinajstić information content (AvgIpc) is 3.35. The molecule has 4 rings (SSSR count). The first-order chi connectivity index (χ1) is 14.8. The van der Waals surface area contributed by atoms with E-state index in [0.717, 1.165) is 11.8 Å². The van der Waals surface area contributed by atoms with Gasteiger partial charge in [-0.2, -0.15) is 0 Å². The quantitative estimate of drug-likeness (QED) is 0.596. The van der Waals surface area contributed by atoms with Crippen molar-refractivity contribution >= 4 is 44.6 Å². The van der Waals surface area contributed by atoms with E-state index in [2.05, 4.69) is 10.3 Å². The van der Waals surface area contributed by atoms with Crippen LogP contribution in [0.1, 0.15) is 5.76 Å². The number of ether oxygens (including phenoxy) is 1. The molecule has 0 saturated carbocycles. The van der Waals surface area contributed by atoms with Crippen molar-refractivity contribution in [1.82, 2.24) is 5.32 Å². The predicted molar refractivity (Wildman–Crippen MR) is 120 cm³/mol. The fourth-order valence-corrected chi connectivity index (χ4v) is 4.05. The molecule has 31 heavy (non-hydrogen) atoms. The lowest BCUT2D eigenvalue weighted by Gasteiger charge is -2.01. The Bertz CT molecular complexity index is 1290. The molecule has 158 valence electrons. The van der Waals surface area contributed by atoms with Gasteiger partial charge in [0.05, 0.1) is 22.6 Å². The summed E-state index contributed by atoms with van der Waals surface area (Å²) in [5.41, 5.74) is 1.36. The summed E-state index contributed by atoms with van der Waals surface area (Å²) in [6.07, 6.45) is 1.72. The monoisotopic (exact) mass is 455 g/mol. The van der Waals surface area contributed by atoms with Gasteiger partial charge < -0.3 is 14.5 Å². The fourth-order valence-electron chi connectivity index (χ4n) is 2.82. The van der Waals surface area contributed by atoms with Gasteiger partial charge in [-0.15, -0.1) is 0 Å². The standard InChI is InChI=1S/C21H17N3O5S2/c1-28-15-6-4-14(5-7-15)23-20-19(30-21(25)24-20)12-16-8-11-18(29-16)13-2-9-17(10-3-13)31(22,26)27/h2-12H,1H3,(H2,22,26,27)(H,23,24,25)/b19-12-. The van der Waals surface area contributed by atoms with Crippen LogP contribution in [0.4, 0.5) is 10.5 Å². The van der Waals surface area contributed by atoms with E-state index in [1.165, 1.54) is 12.1 Å². The number of amidine groups is 1. The van der Waals surface area contributed by atoms with Crippen LogP contribution >= 0.6 is 11.8 Å². The predicted octanol–water partition coefficient (Wildman–Crippen LogP) is 4.13. The highest BCUT2D eigenvalue weighted by Gasteiger charge is 2.24. The van der Waals surface area contributed by atoms with Gasteiger partial charge in [0.2, 0.25) is 10.0 Å². The molecule has 10 heteroatoms. The maximum Gasteiger partial charge on any atom is 0.289 e. The second-order valence-electron chi connectivity index (χ2n) is 6.45. The number of benzene rings is 2. The molecule has 1 fully saturated rings. The Kier molecular flexibility index (Phi) is 5.68. The Hall–Kier alpha value is -3.34. The van der Waals surface area contributed by atoms with Crippen LogP contribution in [0, 0.1) is 0 Å². The van der Waals surface area contributed by atoms with E-state index in [0.29, 0.717) is 39.3 Å². The average molecular weight is 456 g/mol. The summed E-state index contributed by atoms with van der Waals surface area (Å²) in [5.74, 6) is 2.20. The van der Waals surface area contributed by atoms with Gasteiger partial charge in [-0.05, 0) is 78.5 Å². The number of hydrogen-bond acceptors (Lipinski definition) is 7. The lowest BCUT2D eigenvalue weighted by Crippen LogP contribution is -2.18. The largest absolute Gasteiger partial charge is 0.497 e. The minimum absolute atomic E-state index is 0.0245. The van der Waals surface area contributed by atoms with Crippen molar-refractivity contribution in [2.45, 2.75) is 4.90 Å². The Morgan fingerprint density at radius 3 is 2.42 bits per heavy atom. The molecule has 0 atom stereocenters. The summed E-state index contributed by atoms with van der Waals surface area (Å²) in [6.45, 7) is 0. The number of hydrogen-bond donors (Lipinski definition) is 2. The van der Waals surface area contributed by atoms with Gasteiger partial charge >= 0.3 is 0 Å². The van der Waals surface area contributed by atoms with Crippen molar-refractivity contribution in [2.75, 3.05) is 7.11 Å². The number of sulfonamides is 1. The van der Waals surface area contributed by atoms with Crippen LogP contribution in [-0.2, 0) is 10.0 Å². The lowest BCUT2D eigenvalue weighted by atomic mass is 10.2. The number of amides is 1. The second-order valence-corrected chi connectivity index (χ2v) is 9.03. The Labute approximate surface area is 182 Å². The summed E-state index contributed by atoms with van der Waals surface area (Å²) < 4.78 is 33.8. The van der Waals surface area contributed by atoms with E-state index < -0.39 is 10.0 Å². The summed E-state index contributed by atoms with van der Waals surface area (Å²) in [4.78, 5) is 17.0. The Morgan fingerprint density at radius 1 is 1.06 bits per heavy atom. The van der Waals surface area contributed by atoms with Crippen molar-refractivity contribution in [3.05, 3.63) is 71.3 Å². The molecule has 2 aromatic carbocycles.